The van der Waals surface area contributed by atoms with Gasteiger partial charge >= 0.3 is 20.2 Å². The molecule has 7 saturated carbocycles. The van der Waals surface area contributed by atoms with Crippen LogP contribution >= 0.6 is 0 Å². The maximum absolute atomic E-state index is 14.2. The summed E-state index contributed by atoms with van der Waals surface area (Å²) < 4.78 is 52.1. The number of fused-ring (bicyclic) bond motifs is 8. The Morgan fingerprint density at radius 1 is 0.722 bits per heavy atom. The van der Waals surface area contributed by atoms with Gasteiger partial charge in [0.05, 0.1) is 61.8 Å². The molecule has 12 atom stereocenters. The van der Waals surface area contributed by atoms with Gasteiger partial charge in [-0.25, -0.2) is 4.79 Å². The number of hydrogen-bond donors (Lipinski definition) is 2. The lowest BCUT2D eigenvalue weighted by Gasteiger charge is -2.94. The van der Waals surface area contributed by atoms with Gasteiger partial charge in [-0.05, 0) is 115 Å². The first-order valence-electron chi connectivity index (χ1n) is 25.9. The van der Waals surface area contributed by atoms with Crippen LogP contribution in [0.3, 0.4) is 0 Å². The average Bonchev–Trinajstić information content (AvgIpc) is 3.97. The molecule has 12 aliphatic rings. The summed E-state index contributed by atoms with van der Waals surface area (Å²) >= 11 is 0. The number of rotatable bonds is 15. The van der Waals surface area contributed by atoms with Gasteiger partial charge < -0.3 is 48.2 Å². The smallest absolute Gasteiger partial charge is 0.456 e. The Morgan fingerprint density at radius 3 is 2.12 bits per heavy atom. The minimum absolute atomic E-state index is 0.00184. The van der Waals surface area contributed by atoms with Crippen molar-refractivity contribution < 1.29 is 61.5 Å². The van der Waals surface area contributed by atoms with E-state index in [1.165, 1.54) is 25.0 Å². The molecule has 15 rings (SSSR count). The summed E-state index contributed by atoms with van der Waals surface area (Å²) in [5.41, 5.74) is 3.12. The van der Waals surface area contributed by atoms with Crippen LogP contribution in [-0.4, -0.2) is 112 Å². The second kappa shape index (κ2) is 15.6. The summed E-state index contributed by atoms with van der Waals surface area (Å²) in [6.07, 6.45) is 7.24. The number of hydrogen-bond acceptors (Lipinski definition) is 13. The zero-order valence-electron chi connectivity index (χ0n) is 40.9. The van der Waals surface area contributed by atoms with Crippen molar-refractivity contribution in [1.82, 2.24) is 10.2 Å². The largest absolute Gasteiger partial charge is 0.494 e. The first kappa shape index (κ1) is 45.3. The molecule has 9 fully saturated rings. The van der Waals surface area contributed by atoms with E-state index in [-0.39, 0.29) is 87.4 Å². The Bertz CT molecular complexity index is 2930. The van der Waals surface area contributed by atoms with Gasteiger partial charge in [0.25, 0.3) is 11.8 Å². The van der Waals surface area contributed by atoms with Gasteiger partial charge in [-0.3, -0.25) is 24.1 Å². The molecule has 7 aliphatic carbocycles. The lowest BCUT2D eigenvalue weighted by Crippen LogP contribution is -2.97. The third-order valence-electron chi connectivity index (χ3n) is 19.7. The monoisotopic (exact) mass is 977 g/mol. The highest BCUT2D eigenvalue weighted by molar-refractivity contribution is 6.62. The zero-order chi connectivity index (χ0) is 49.3. The van der Waals surface area contributed by atoms with E-state index in [4.69, 9.17) is 37.6 Å². The number of anilines is 1. The Morgan fingerprint density at radius 2 is 1.40 bits per heavy atom. The van der Waals surface area contributed by atoms with Crippen LogP contribution in [0.15, 0.2) is 66.7 Å². The molecule has 0 aromatic heterocycles. The molecule has 16 nitrogen and oxygen atoms in total. The minimum Gasteiger partial charge on any atom is -0.456 e. The fraction of sp³-hybridized carbons (Fsp3) is 0.537. The number of benzene rings is 3. The van der Waals surface area contributed by atoms with Crippen molar-refractivity contribution in [2.45, 2.75) is 95.2 Å². The molecule has 18 heteroatoms. The maximum Gasteiger partial charge on any atom is 0.494 e. The van der Waals surface area contributed by atoms with E-state index < -0.39 is 43.2 Å². The van der Waals surface area contributed by atoms with Gasteiger partial charge in [0.15, 0.2) is 5.60 Å². The van der Waals surface area contributed by atoms with Gasteiger partial charge in [0.2, 0.25) is 11.8 Å². The summed E-state index contributed by atoms with van der Waals surface area (Å²) in [7, 11) is -1.14. The van der Waals surface area contributed by atoms with E-state index in [1.54, 1.807) is 12.1 Å². The number of esters is 1. The second-order valence-electron chi connectivity index (χ2n) is 23.1. The molecule has 3 aromatic carbocycles. The number of amides is 4. The SMILES string of the molecule is CC1(C)[C@@H]2CC3OB(c4ccc5c(c4)Oc4cc(B6OC7C8C9%10C(C[C@H]9C[C@@H]7%10)[C@]8(C)O6)ccc4C54OC(=O)c5cc(NC(=O)CCOCCOCCNC(=O)CCN6C(=O)C=CC6=O)ccc54)O[C@@]3(C)[C@H]1C2. The standard InChI is InChI=1S/C54H57B2N3O13/c1-50(2)28-22-40(50)51(3)42(24-28)69-55(71-51)30-5-8-35-38(25-30)67-39-26-31(56-70-47-37-21-29-23-41-52(4,72-56)48(47)53(29,37)41)6-9-36(39)54(35)34-10-7-32(27-33(34)49(64)68-54)58-44(61)14-17-65-19-20-66-18-15-57-43(60)13-16-59-45(62)11-12-46(59)63/h5-12,25-29,37,40-42,47-48H,13-24H2,1-4H3,(H,57,60)(H,58,61)/t28-,29+,37-,40-,41?,42?,47?,48?,51-,52-,53?,54?/m0/s1. The van der Waals surface area contributed by atoms with Gasteiger partial charge in [0.1, 0.15) is 11.5 Å². The van der Waals surface area contributed by atoms with Crippen LogP contribution in [0.25, 0.3) is 0 Å². The van der Waals surface area contributed by atoms with E-state index in [1.807, 2.05) is 42.5 Å². The van der Waals surface area contributed by atoms with Crippen molar-refractivity contribution in [3.8, 4) is 11.5 Å². The van der Waals surface area contributed by atoms with Crippen molar-refractivity contribution in [2.24, 2.45) is 46.3 Å². The predicted molar refractivity (Wildman–Crippen MR) is 258 cm³/mol. The molecule has 6 unspecified atom stereocenters. The van der Waals surface area contributed by atoms with Gasteiger partial charge in [-0.1, -0.05) is 44.2 Å². The maximum atomic E-state index is 14.2. The molecule has 2 saturated heterocycles. The first-order valence-corrected chi connectivity index (χ1v) is 25.9. The molecule has 0 radical (unpaired) electrons. The van der Waals surface area contributed by atoms with Crippen molar-refractivity contribution in [2.75, 3.05) is 44.8 Å². The Kier molecular flexibility index (Phi) is 9.80. The topological polar surface area (TPSA) is 186 Å². The molecule has 3 aromatic rings. The van der Waals surface area contributed by atoms with Crippen LogP contribution in [0.5, 0.6) is 11.5 Å². The molecular formula is C54H57B2N3O13. The van der Waals surface area contributed by atoms with Crippen molar-refractivity contribution in [3.05, 3.63) is 89.0 Å². The summed E-state index contributed by atoms with van der Waals surface area (Å²) in [6, 6.07) is 17.2. The summed E-state index contributed by atoms with van der Waals surface area (Å²) in [4.78, 5) is 63.8. The lowest BCUT2D eigenvalue weighted by atomic mass is 9.13. The second-order valence-corrected chi connectivity index (χ2v) is 23.1. The molecule has 372 valence electrons. The van der Waals surface area contributed by atoms with Crippen LogP contribution in [0, 0.1) is 46.3 Å². The van der Waals surface area contributed by atoms with Crippen LogP contribution < -0.4 is 26.3 Å². The number of nitrogens with one attached hydrogen (secondary N) is 2. The van der Waals surface area contributed by atoms with E-state index in [2.05, 4.69) is 38.3 Å². The number of imide groups is 1. The van der Waals surface area contributed by atoms with E-state index in [9.17, 15) is 24.0 Å². The summed E-state index contributed by atoms with van der Waals surface area (Å²) in [6.45, 7) is 10.3. The lowest BCUT2D eigenvalue weighted by molar-refractivity contribution is -0.496. The molecule has 2 bridgehead atoms. The quantitative estimate of drug-likeness (QED) is 0.0960. The molecule has 72 heavy (non-hydrogen) atoms. The normalized spacial score (nSPS) is 36.5. The van der Waals surface area contributed by atoms with Crippen LogP contribution in [-0.2, 0) is 57.6 Å². The Labute approximate surface area is 417 Å². The molecular weight excluding hydrogens is 920 g/mol. The number of nitrogens with zero attached hydrogens (tertiary/aromatic N) is 1. The fourth-order valence-electron chi connectivity index (χ4n) is 16.2. The van der Waals surface area contributed by atoms with Crippen molar-refractivity contribution in [3.63, 3.8) is 0 Å². The van der Waals surface area contributed by atoms with Crippen LogP contribution in [0.1, 0.15) is 93.3 Å². The van der Waals surface area contributed by atoms with Gasteiger partial charge in [-0.15, -0.1) is 0 Å². The van der Waals surface area contributed by atoms with Crippen LogP contribution in [0.4, 0.5) is 5.69 Å². The van der Waals surface area contributed by atoms with E-state index in [0.29, 0.717) is 74.4 Å². The van der Waals surface area contributed by atoms with E-state index >= 15 is 0 Å². The predicted octanol–water partition coefficient (Wildman–Crippen LogP) is 4.14. The molecule has 4 amide bonds. The van der Waals surface area contributed by atoms with Gasteiger partial charge in [-0.2, -0.15) is 0 Å². The zero-order valence-corrected chi connectivity index (χ0v) is 40.9. The van der Waals surface area contributed by atoms with E-state index in [0.717, 1.165) is 34.6 Å². The molecule has 5 heterocycles. The average molecular weight is 978 g/mol. The molecule has 5 aliphatic heterocycles. The number of carbonyl (C=O) groups is 5. The first-order chi connectivity index (χ1) is 34.6. The molecule has 2 N–H and O–H groups in total. The molecule has 2 spiro atoms. The summed E-state index contributed by atoms with van der Waals surface area (Å²) in [5, 5.41) is 5.61. The minimum atomic E-state index is -1.37. The number of carbonyl (C=O) groups excluding carboxylic acids is 5. The van der Waals surface area contributed by atoms with Crippen molar-refractivity contribution >= 4 is 60.4 Å². The van der Waals surface area contributed by atoms with Crippen molar-refractivity contribution in [1.29, 1.82) is 0 Å². The highest BCUT2D eigenvalue weighted by Crippen LogP contribution is 2.92. The summed E-state index contributed by atoms with van der Waals surface area (Å²) in [5.74, 6) is 2.64. The van der Waals surface area contributed by atoms with Crippen LogP contribution in [0.2, 0.25) is 0 Å². The van der Waals surface area contributed by atoms with Gasteiger partial charge in [0, 0.05) is 60.0 Å². The Hall–Kier alpha value is -5.36. The Balaban J connectivity index is 0.662. The highest BCUT2D eigenvalue weighted by Gasteiger charge is 2.94. The number of ether oxygens (including phenoxy) is 4. The third kappa shape index (κ3) is 6.01. The third-order valence-corrected chi connectivity index (χ3v) is 19.7. The highest BCUT2D eigenvalue weighted by atomic mass is 16.7. The fourth-order valence-corrected chi connectivity index (χ4v) is 16.2.